The normalized spacial score (nSPS) is 13.4. The molecule has 7 aromatic carbocycles. The lowest BCUT2D eigenvalue weighted by molar-refractivity contribution is 0.670. The van der Waals surface area contributed by atoms with Crippen LogP contribution >= 0.6 is 0 Å². The molecule has 0 saturated heterocycles. The van der Waals surface area contributed by atoms with Crippen molar-refractivity contribution >= 4 is 27.5 Å². The summed E-state index contributed by atoms with van der Waals surface area (Å²) in [6, 6.07) is 58.6. The van der Waals surface area contributed by atoms with Gasteiger partial charge in [0.1, 0.15) is 11.2 Å². The summed E-state index contributed by atoms with van der Waals surface area (Å²) in [6.07, 6.45) is 5.55. The van der Waals surface area contributed by atoms with E-state index in [2.05, 4.69) is 159 Å². The fraction of sp³-hybridized carbons (Fsp3) is 0.0189. The van der Waals surface area contributed by atoms with E-state index < -0.39 is 5.41 Å². The average Bonchev–Trinajstić information content (AvgIpc) is 3.89. The smallest absolute Gasteiger partial charge is 0.160 e. The topological polar surface area (TPSA) is 38.9 Å². The van der Waals surface area contributed by atoms with Crippen LogP contribution in [0.3, 0.4) is 0 Å². The van der Waals surface area contributed by atoms with Gasteiger partial charge in [0.2, 0.25) is 0 Å². The van der Waals surface area contributed by atoms with E-state index >= 15 is 0 Å². The van der Waals surface area contributed by atoms with Crippen molar-refractivity contribution in [2.75, 3.05) is 0 Å². The van der Waals surface area contributed by atoms with Crippen LogP contribution in [0.25, 0.3) is 83.5 Å². The summed E-state index contributed by atoms with van der Waals surface area (Å²) in [5.74, 6) is 0.652. The molecule has 0 aliphatic heterocycles. The molecule has 3 heteroatoms. The van der Waals surface area contributed by atoms with Crippen molar-refractivity contribution in [3.63, 3.8) is 0 Å². The second-order valence-electron chi connectivity index (χ2n) is 14.5. The third kappa shape index (κ3) is 4.52. The fourth-order valence-corrected chi connectivity index (χ4v) is 9.29. The van der Waals surface area contributed by atoms with Crippen molar-refractivity contribution in [3.8, 4) is 56.0 Å². The van der Waals surface area contributed by atoms with Gasteiger partial charge in [-0.15, -0.1) is 0 Å². The minimum Gasteiger partial charge on any atom is -0.455 e. The maximum absolute atomic E-state index is 6.38. The highest BCUT2D eigenvalue weighted by Gasteiger charge is 2.51. The molecule has 0 fully saturated rings. The lowest BCUT2D eigenvalue weighted by Crippen LogP contribution is -2.25. The molecule has 2 heterocycles. The Hall–Kier alpha value is -7.36. The number of para-hydroxylation sites is 2. The molecule has 0 bridgehead atoms. The first-order valence-electron chi connectivity index (χ1n) is 19.0. The molecule has 262 valence electrons. The van der Waals surface area contributed by atoms with Crippen LogP contribution in [0.5, 0.6) is 0 Å². The van der Waals surface area contributed by atoms with Gasteiger partial charge in [-0.05, 0) is 73.8 Å². The van der Waals surface area contributed by atoms with Crippen LogP contribution in [0, 0.1) is 0 Å². The molecule has 2 aliphatic carbocycles. The van der Waals surface area contributed by atoms with Crippen LogP contribution in [-0.2, 0) is 5.41 Å². The van der Waals surface area contributed by atoms with Gasteiger partial charge in [-0.2, -0.15) is 0 Å². The molecular weight excluding hydrogens is 681 g/mol. The maximum atomic E-state index is 6.38. The van der Waals surface area contributed by atoms with Crippen LogP contribution in [0.15, 0.2) is 200 Å². The van der Waals surface area contributed by atoms with E-state index in [1.807, 2.05) is 30.4 Å². The van der Waals surface area contributed by atoms with Gasteiger partial charge < -0.3 is 4.42 Å². The number of furan rings is 1. The first-order chi connectivity index (χ1) is 27.7. The first kappa shape index (κ1) is 32.1. The molecule has 0 unspecified atom stereocenters. The number of fused-ring (bicyclic) bond motifs is 13. The molecule has 9 aromatic rings. The van der Waals surface area contributed by atoms with E-state index in [4.69, 9.17) is 14.4 Å². The van der Waals surface area contributed by atoms with Gasteiger partial charge in [-0.1, -0.05) is 177 Å². The van der Waals surface area contributed by atoms with Gasteiger partial charge in [0.15, 0.2) is 5.82 Å². The molecule has 2 aromatic heterocycles. The highest BCUT2D eigenvalue weighted by atomic mass is 16.3. The fourth-order valence-electron chi connectivity index (χ4n) is 9.29. The zero-order valence-corrected chi connectivity index (χ0v) is 30.5. The molecule has 11 rings (SSSR count). The second-order valence-corrected chi connectivity index (χ2v) is 14.5. The van der Waals surface area contributed by atoms with Gasteiger partial charge in [0.25, 0.3) is 0 Å². The molecule has 0 amide bonds. The molecule has 0 saturated carbocycles. The highest BCUT2D eigenvalue weighted by molar-refractivity contribution is 6.09. The Morgan fingerprint density at radius 2 is 1.07 bits per heavy atom. The zero-order valence-electron chi connectivity index (χ0n) is 30.5. The molecule has 0 N–H and O–H groups in total. The SMILES string of the molecule is C=C/C=C(\C=C)c1cc(-c2ccc(-c3cccc4c3oc3ccccc34)cc2)nc(-c2ccc3c(c2)C2(c4ccccc4-c4ccccc42)c2ccccc2-3)n1. The summed E-state index contributed by atoms with van der Waals surface area (Å²) in [5, 5.41) is 2.23. The van der Waals surface area contributed by atoms with E-state index in [1.54, 1.807) is 6.08 Å². The van der Waals surface area contributed by atoms with Crippen molar-refractivity contribution < 1.29 is 4.42 Å². The standard InChI is InChI=1S/C53H34N2O/c1-3-14-33(4-2)48-32-49(35-27-25-34(26-28-35)37-19-13-20-43-42-18-8-12-24-50(42)56-51(37)43)55-52(54-48)36-29-30-41-40-17-7-11-23-46(40)53(47(41)31-36)44-21-9-5-15-38(44)39-16-6-10-22-45(39)53/h3-32H,1-2H2/b33-14+. The number of benzene rings is 7. The zero-order chi connectivity index (χ0) is 37.4. The lowest BCUT2D eigenvalue weighted by atomic mass is 9.70. The van der Waals surface area contributed by atoms with Gasteiger partial charge in [-0.3, -0.25) is 0 Å². The molecule has 2 aliphatic rings. The third-order valence-corrected chi connectivity index (χ3v) is 11.7. The Morgan fingerprint density at radius 3 is 1.75 bits per heavy atom. The Bertz CT molecular complexity index is 3060. The van der Waals surface area contributed by atoms with Crippen LogP contribution in [0.4, 0.5) is 0 Å². The van der Waals surface area contributed by atoms with E-state index in [0.717, 1.165) is 61.2 Å². The Kier molecular flexibility index (Phi) is 7.07. The minimum absolute atomic E-state index is 0.455. The van der Waals surface area contributed by atoms with Crippen molar-refractivity contribution in [2.45, 2.75) is 5.41 Å². The van der Waals surface area contributed by atoms with E-state index in [1.165, 1.54) is 44.5 Å². The van der Waals surface area contributed by atoms with Crippen LogP contribution < -0.4 is 0 Å². The maximum Gasteiger partial charge on any atom is 0.160 e. The first-order valence-corrected chi connectivity index (χ1v) is 19.0. The van der Waals surface area contributed by atoms with Gasteiger partial charge in [0.05, 0.1) is 16.8 Å². The summed E-state index contributed by atoms with van der Waals surface area (Å²) < 4.78 is 6.38. The van der Waals surface area contributed by atoms with E-state index in [-0.39, 0.29) is 0 Å². The summed E-state index contributed by atoms with van der Waals surface area (Å²) in [5.41, 5.74) is 18.1. The molecule has 0 atom stereocenters. The average molecular weight is 715 g/mol. The summed E-state index contributed by atoms with van der Waals surface area (Å²) in [6.45, 7) is 8.09. The molecule has 1 spiro atoms. The number of rotatable bonds is 6. The summed E-state index contributed by atoms with van der Waals surface area (Å²) in [4.78, 5) is 10.5. The quantitative estimate of drug-likeness (QED) is 0.161. The number of hydrogen-bond acceptors (Lipinski definition) is 3. The number of allylic oxidation sites excluding steroid dienone is 4. The van der Waals surface area contributed by atoms with Crippen molar-refractivity contribution in [1.29, 1.82) is 0 Å². The molecule has 0 radical (unpaired) electrons. The monoisotopic (exact) mass is 714 g/mol. The summed E-state index contributed by atoms with van der Waals surface area (Å²) >= 11 is 0. The third-order valence-electron chi connectivity index (χ3n) is 11.7. The van der Waals surface area contributed by atoms with E-state index in [0.29, 0.717) is 5.82 Å². The largest absolute Gasteiger partial charge is 0.455 e. The number of aromatic nitrogens is 2. The van der Waals surface area contributed by atoms with E-state index in [9.17, 15) is 0 Å². The second kappa shape index (κ2) is 12.3. The van der Waals surface area contributed by atoms with Gasteiger partial charge in [-0.25, -0.2) is 9.97 Å². The van der Waals surface area contributed by atoms with Crippen molar-refractivity contribution in [2.24, 2.45) is 0 Å². The summed E-state index contributed by atoms with van der Waals surface area (Å²) in [7, 11) is 0. The Morgan fingerprint density at radius 1 is 0.500 bits per heavy atom. The van der Waals surface area contributed by atoms with Crippen molar-refractivity contribution in [1.82, 2.24) is 9.97 Å². The predicted molar refractivity (Wildman–Crippen MR) is 230 cm³/mol. The number of hydrogen-bond donors (Lipinski definition) is 0. The molecule has 3 nitrogen and oxygen atoms in total. The van der Waals surface area contributed by atoms with Crippen LogP contribution in [0.2, 0.25) is 0 Å². The lowest BCUT2D eigenvalue weighted by Gasteiger charge is -2.30. The Labute approximate surface area is 325 Å². The predicted octanol–water partition coefficient (Wildman–Crippen LogP) is 13.5. The highest BCUT2D eigenvalue weighted by Crippen LogP contribution is 2.63. The number of nitrogens with zero attached hydrogens (tertiary/aromatic N) is 2. The van der Waals surface area contributed by atoms with Gasteiger partial charge in [0, 0.05) is 27.5 Å². The van der Waals surface area contributed by atoms with Crippen molar-refractivity contribution in [3.05, 3.63) is 223 Å². The Balaban J connectivity index is 1.08. The molecular formula is C53H34N2O. The molecule has 56 heavy (non-hydrogen) atoms. The van der Waals surface area contributed by atoms with Gasteiger partial charge >= 0.3 is 0 Å². The minimum atomic E-state index is -0.455. The van der Waals surface area contributed by atoms with Crippen LogP contribution in [0.1, 0.15) is 27.9 Å². The van der Waals surface area contributed by atoms with Crippen LogP contribution in [-0.4, -0.2) is 9.97 Å².